The Balaban J connectivity index is 1.82. The number of benzene rings is 2. The first-order valence-corrected chi connectivity index (χ1v) is 10.3. The van der Waals surface area contributed by atoms with Crippen molar-refractivity contribution < 1.29 is 9.59 Å². The molecule has 29 heavy (non-hydrogen) atoms. The first-order valence-electron chi connectivity index (χ1n) is 9.54. The molecule has 1 atom stereocenters. The number of halogens is 2. The maximum absolute atomic E-state index is 12.3. The molecule has 0 aliphatic carbocycles. The Morgan fingerprint density at radius 1 is 1.03 bits per heavy atom. The van der Waals surface area contributed by atoms with Gasteiger partial charge in [0.1, 0.15) is 0 Å². The summed E-state index contributed by atoms with van der Waals surface area (Å²) in [5.41, 5.74) is 2.91. The van der Waals surface area contributed by atoms with Gasteiger partial charge in [-0.1, -0.05) is 54.4 Å². The van der Waals surface area contributed by atoms with Gasteiger partial charge in [0.25, 0.3) is 0 Å². The molecule has 0 aliphatic heterocycles. The van der Waals surface area contributed by atoms with E-state index in [1.807, 2.05) is 43.5 Å². The van der Waals surface area contributed by atoms with Crippen LogP contribution < -0.4 is 10.6 Å². The zero-order valence-electron chi connectivity index (χ0n) is 16.1. The standard InChI is InChI=1S/C22H23Cl2N3O2/c1-2-5-21(28)27-13-22(29)26-12-17(15-9-8-14(23)10-19(15)24)18-11-25-20-7-4-3-6-16(18)20/h3-4,6-11,17,25H,2,5,12-13H2,1H3,(H,26,29)(H,27,28). The van der Waals surface area contributed by atoms with E-state index in [0.29, 0.717) is 23.0 Å². The third-order valence-corrected chi connectivity index (χ3v) is 5.32. The molecule has 0 saturated carbocycles. The van der Waals surface area contributed by atoms with Crippen LogP contribution in [-0.2, 0) is 9.59 Å². The molecule has 0 spiro atoms. The summed E-state index contributed by atoms with van der Waals surface area (Å²) in [6.07, 6.45) is 3.09. The minimum Gasteiger partial charge on any atom is -0.361 e. The predicted molar refractivity (Wildman–Crippen MR) is 118 cm³/mol. The maximum atomic E-state index is 12.3. The van der Waals surface area contributed by atoms with Crippen LogP contribution in [0.25, 0.3) is 10.9 Å². The van der Waals surface area contributed by atoms with Crippen molar-refractivity contribution in [2.75, 3.05) is 13.1 Å². The number of carbonyl (C=O) groups excluding carboxylic acids is 2. The number of aromatic nitrogens is 1. The number of para-hydroxylation sites is 1. The average molecular weight is 432 g/mol. The van der Waals surface area contributed by atoms with Crippen molar-refractivity contribution in [3.05, 3.63) is 69.8 Å². The summed E-state index contributed by atoms with van der Waals surface area (Å²) in [6.45, 7) is 2.21. The quantitative estimate of drug-likeness (QED) is 0.485. The second-order valence-corrected chi connectivity index (χ2v) is 7.68. The molecule has 1 unspecified atom stereocenters. The Bertz CT molecular complexity index is 1020. The van der Waals surface area contributed by atoms with Crippen LogP contribution in [0.1, 0.15) is 36.8 Å². The van der Waals surface area contributed by atoms with E-state index in [1.165, 1.54) is 0 Å². The maximum Gasteiger partial charge on any atom is 0.239 e. The third-order valence-electron chi connectivity index (χ3n) is 4.76. The fourth-order valence-corrected chi connectivity index (χ4v) is 3.87. The van der Waals surface area contributed by atoms with Crippen molar-refractivity contribution in [3.8, 4) is 0 Å². The van der Waals surface area contributed by atoms with Crippen molar-refractivity contribution in [2.45, 2.75) is 25.7 Å². The highest BCUT2D eigenvalue weighted by Crippen LogP contribution is 2.35. The monoisotopic (exact) mass is 431 g/mol. The lowest BCUT2D eigenvalue weighted by Gasteiger charge is -2.20. The van der Waals surface area contributed by atoms with Gasteiger partial charge in [-0.25, -0.2) is 0 Å². The van der Waals surface area contributed by atoms with Crippen molar-refractivity contribution in [1.29, 1.82) is 0 Å². The lowest BCUT2D eigenvalue weighted by Crippen LogP contribution is -2.38. The van der Waals surface area contributed by atoms with Crippen LogP contribution in [0, 0.1) is 0 Å². The van der Waals surface area contributed by atoms with Gasteiger partial charge in [0.2, 0.25) is 11.8 Å². The number of hydrogen-bond acceptors (Lipinski definition) is 2. The Kier molecular flexibility index (Phi) is 7.18. The summed E-state index contributed by atoms with van der Waals surface area (Å²) >= 11 is 12.5. The molecule has 1 aromatic heterocycles. The first kappa shape index (κ1) is 21.2. The fraction of sp³-hybridized carbons (Fsp3) is 0.273. The molecule has 152 valence electrons. The summed E-state index contributed by atoms with van der Waals surface area (Å²) < 4.78 is 0. The summed E-state index contributed by atoms with van der Waals surface area (Å²) in [7, 11) is 0. The van der Waals surface area contributed by atoms with Crippen LogP contribution in [0.2, 0.25) is 10.0 Å². The molecule has 2 amide bonds. The Labute approximate surface area is 179 Å². The molecule has 1 heterocycles. The van der Waals surface area contributed by atoms with Crippen LogP contribution in [0.4, 0.5) is 0 Å². The molecule has 0 radical (unpaired) electrons. The van der Waals surface area contributed by atoms with Crippen LogP contribution >= 0.6 is 23.2 Å². The average Bonchev–Trinajstić information content (AvgIpc) is 3.12. The van der Waals surface area contributed by atoms with Gasteiger partial charge in [0.15, 0.2) is 0 Å². The van der Waals surface area contributed by atoms with Gasteiger partial charge in [-0.15, -0.1) is 0 Å². The van der Waals surface area contributed by atoms with E-state index < -0.39 is 0 Å². The second-order valence-electron chi connectivity index (χ2n) is 6.84. The number of aromatic amines is 1. The van der Waals surface area contributed by atoms with Gasteiger partial charge in [-0.3, -0.25) is 9.59 Å². The van der Waals surface area contributed by atoms with E-state index in [2.05, 4.69) is 15.6 Å². The Hall–Kier alpha value is -2.50. The molecule has 3 N–H and O–H groups in total. The number of amides is 2. The molecule has 3 rings (SSSR count). The normalized spacial score (nSPS) is 12.0. The fourth-order valence-electron chi connectivity index (χ4n) is 3.33. The zero-order valence-corrected chi connectivity index (χ0v) is 17.6. The smallest absolute Gasteiger partial charge is 0.239 e. The molecule has 2 aromatic carbocycles. The molecule has 0 aliphatic rings. The molecule has 7 heteroatoms. The molecular formula is C22H23Cl2N3O2. The molecule has 0 saturated heterocycles. The van der Waals surface area contributed by atoms with Crippen LogP contribution in [0.5, 0.6) is 0 Å². The van der Waals surface area contributed by atoms with Gasteiger partial charge in [-0.2, -0.15) is 0 Å². The van der Waals surface area contributed by atoms with Crippen LogP contribution in [-0.4, -0.2) is 29.9 Å². The third kappa shape index (κ3) is 5.31. The van der Waals surface area contributed by atoms with Crippen molar-refractivity contribution >= 4 is 45.9 Å². The number of rotatable bonds is 8. The zero-order chi connectivity index (χ0) is 20.8. The van der Waals surface area contributed by atoms with Gasteiger partial charge in [0, 0.05) is 46.0 Å². The molecular weight excluding hydrogens is 409 g/mol. The lowest BCUT2D eigenvalue weighted by molar-refractivity contribution is -0.126. The van der Waals surface area contributed by atoms with Crippen LogP contribution in [0.3, 0.4) is 0 Å². The topological polar surface area (TPSA) is 74.0 Å². The van der Waals surface area contributed by atoms with Crippen LogP contribution in [0.15, 0.2) is 48.7 Å². The van der Waals surface area contributed by atoms with Gasteiger partial charge in [0.05, 0.1) is 6.54 Å². The Morgan fingerprint density at radius 2 is 1.83 bits per heavy atom. The highest BCUT2D eigenvalue weighted by atomic mass is 35.5. The molecule has 0 bridgehead atoms. The highest BCUT2D eigenvalue weighted by Gasteiger charge is 2.21. The summed E-state index contributed by atoms with van der Waals surface area (Å²) in [5, 5.41) is 7.70. The van der Waals surface area contributed by atoms with E-state index in [0.717, 1.165) is 28.5 Å². The number of H-pyrrole nitrogens is 1. The molecule has 5 nitrogen and oxygen atoms in total. The van der Waals surface area contributed by atoms with Gasteiger partial charge in [-0.05, 0) is 35.7 Å². The number of nitrogens with one attached hydrogen (secondary N) is 3. The number of fused-ring (bicyclic) bond motifs is 1. The highest BCUT2D eigenvalue weighted by molar-refractivity contribution is 6.35. The SMILES string of the molecule is CCCC(=O)NCC(=O)NCC(c1ccc(Cl)cc1Cl)c1c[nH]c2ccccc12. The Morgan fingerprint density at radius 3 is 2.59 bits per heavy atom. The van der Waals surface area contributed by atoms with Crippen molar-refractivity contribution in [2.24, 2.45) is 0 Å². The summed E-state index contributed by atoms with van der Waals surface area (Å²) in [4.78, 5) is 27.1. The lowest BCUT2D eigenvalue weighted by atomic mass is 9.90. The minimum absolute atomic E-state index is 0.0478. The van der Waals surface area contributed by atoms with E-state index in [4.69, 9.17) is 23.2 Å². The van der Waals surface area contributed by atoms with E-state index in [-0.39, 0.29) is 24.3 Å². The second kappa shape index (κ2) is 9.81. The van der Waals surface area contributed by atoms with Gasteiger partial charge < -0.3 is 15.6 Å². The largest absolute Gasteiger partial charge is 0.361 e. The van der Waals surface area contributed by atoms with E-state index in [1.54, 1.807) is 12.1 Å². The van der Waals surface area contributed by atoms with E-state index in [9.17, 15) is 9.59 Å². The summed E-state index contributed by atoms with van der Waals surface area (Å²) in [6, 6.07) is 13.3. The van der Waals surface area contributed by atoms with Crippen molar-refractivity contribution in [3.63, 3.8) is 0 Å². The minimum atomic E-state index is -0.246. The summed E-state index contributed by atoms with van der Waals surface area (Å²) in [5.74, 6) is -0.549. The first-order chi connectivity index (χ1) is 14.0. The molecule has 3 aromatic rings. The number of hydrogen-bond donors (Lipinski definition) is 3. The van der Waals surface area contributed by atoms with Crippen molar-refractivity contribution in [1.82, 2.24) is 15.6 Å². The molecule has 0 fully saturated rings. The number of carbonyl (C=O) groups is 2. The predicted octanol–water partition coefficient (Wildman–Crippen LogP) is 4.64. The van der Waals surface area contributed by atoms with Gasteiger partial charge >= 0.3 is 0 Å². The van der Waals surface area contributed by atoms with E-state index >= 15 is 0 Å².